The lowest BCUT2D eigenvalue weighted by molar-refractivity contribution is -0.120. The van der Waals surface area contributed by atoms with E-state index in [-0.39, 0.29) is 12.5 Å². The summed E-state index contributed by atoms with van der Waals surface area (Å²) in [7, 11) is 0. The summed E-state index contributed by atoms with van der Waals surface area (Å²) in [5.74, 6) is 0.649. The summed E-state index contributed by atoms with van der Waals surface area (Å²) in [6.45, 7) is 0.986. The van der Waals surface area contributed by atoms with E-state index >= 15 is 0 Å². The molecule has 0 saturated heterocycles. The number of carbonyl (C=O) groups excluding carboxylic acids is 1. The average molecular weight is 334 g/mol. The van der Waals surface area contributed by atoms with Gasteiger partial charge in [-0.3, -0.25) is 4.79 Å². The zero-order chi connectivity index (χ0) is 16.5. The van der Waals surface area contributed by atoms with Crippen molar-refractivity contribution >= 4 is 17.5 Å². The molecule has 0 saturated carbocycles. The standard InChI is InChI=1S/C18H20ClNO3/c19-16-6-1-5-15(10-16)13-23-17-7-2-4-14(11-17)12-18(22)20-8-3-9-21/h1-2,4-7,10-11,21H,3,8-9,12-13H2,(H,20,22). The number of benzene rings is 2. The molecule has 0 atom stereocenters. The molecule has 0 aromatic heterocycles. The Bertz CT molecular complexity index is 646. The van der Waals surface area contributed by atoms with Crippen LogP contribution >= 0.6 is 11.6 Å². The molecule has 2 rings (SSSR count). The van der Waals surface area contributed by atoms with Gasteiger partial charge >= 0.3 is 0 Å². The lowest BCUT2D eigenvalue weighted by Gasteiger charge is -2.09. The monoisotopic (exact) mass is 333 g/mol. The van der Waals surface area contributed by atoms with Gasteiger partial charge in [0, 0.05) is 18.2 Å². The zero-order valence-corrected chi connectivity index (χ0v) is 13.6. The number of amides is 1. The van der Waals surface area contributed by atoms with Crippen molar-refractivity contribution in [2.24, 2.45) is 0 Å². The molecule has 0 aliphatic carbocycles. The third-order valence-electron chi connectivity index (χ3n) is 3.21. The molecule has 122 valence electrons. The second kappa shape index (κ2) is 9.18. The van der Waals surface area contributed by atoms with Crippen molar-refractivity contribution in [3.63, 3.8) is 0 Å². The predicted molar refractivity (Wildman–Crippen MR) is 90.6 cm³/mol. The van der Waals surface area contributed by atoms with Gasteiger partial charge in [-0.1, -0.05) is 35.9 Å². The molecule has 23 heavy (non-hydrogen) atoms. The maximum Gasteiger partial charge on any atom is 0.224 e. The smallest absolute Gasteiger partial charge is 0.224 e. The first-order valence-corrected chi connectivity index (χ1v) is 7.89. The SMILES string of the molecule is O=C(Cc1cccc(OCc2cccc(Cl)c2)c1)NCCCO. The van der Waals surface area contributed by atoms with Gasteiger partial charge in [-0.15, -0.1) is 0 Å². The fraction of sp³-hybridized carbons (Fsp3) is 0.278. The van der Waals surface area contributed by atoms with Crippen LogP contribution in [0.15, 0.2) is 48.5 Å². The molecule has 0 aliphatic rings. The molecule has 2 aromatic rings. The number of hydrogen-bond donors (Lipinski definition) is 2. The van der Waals surface area contributed by atoms with Gasteiger partial charge < -0.3 is 15.2 Å². The van der Waals surface area contributed by atoms with Crippen LogP contribution in [-0.2, 0) is 17.8 Å². The number of hydrogen-bond acceptors (Lipinski definition) is 3. The minimum absolute atomic E-state index is 0.0644. The van der Waals surface area contributed by atoms with Crippen molar-refractivity contribution in [1.82, 2.24) is 5.32 Å². The molecular weight excluding hydrogens is 314 g/mol. The van der Waals surface area contributed by atoms with Gasteiger partial charge in [0.1, 0.15) is 12.4 Å². The highest BCUT2D eigenvalue weighted by atomic mass is 35.5. The number of ether oxygens (including phenoxy) is 1. The minimum atomic E-state index is -0.0644. The Labute approximate surface area is 141 Å². The van der Waals surface area contributed by atoms with E-state index in [0.717, 1.165) is 11.1 Å². The Morgan fingerprint density at radius 1 is 1.13 bits per heavy atom. The highest BCUT2D eigenvalue weighted by Crippen LogP contribution is 2.17. The van der Waals surface area contributed by atoms with Gasteiger partial charge in [0.2, 0.25) is 5.91 Å². The van der Waals surface area contributed by atoms with E-state index in [1.54, 1.807) is 0 Å². The minimum Gasteiger partial charge on any atom is -0.489 e. The first-order valence-electron chi connectivity index (χ1n) is 7.51. The van der Waals surface area contributed by atoms with E-state index in [4.69, 9.17) is 21.4 Å². The third-order valence-corrected chi connectivity index (χ3v) is 3.45. The van der Waals surface area contributed by atoms with Crippen LogP contribution in [0, 0.1) is 0 Å². The topological polar surface area (TPSA) is 58.6 Å². The van der Waals surface area contributed by atoms with Crippen LogP contribution in [0.1, 0.15) is 17.5 Å². The van der Waals surface area contributed by atoms with Crippen molar-refractivity contribution in [2.75, 3.05) is 13.2 Å². The van der Waals surface area contributed by atoms with Gasteiger partial charge in [0.25, 0.3) is 0 Å². The van der Waals surface area contributed by atoms with Crippen LogP contribution in [0.25, 0.3) is 0 Å². The zero-order valence-electron chi connectivity index (χ0n) is 12.8. The van der Waals surface area contributed by atoms with E-state index in [1.807, 2.05) is 48.5 Å². The summed E-state index contributed by atoms with van der Waals surface area (Å²) in [4.78, 5) is 11.8. The predicted octanol–water partition coefficient (Wildman–Crippen LogP) is 2.96. The fourth-order valence-electron chi connectivity index (χ4n) is 2.09. The van der Waals surface area contributed by atoms with Crippen molar-refractivity contribution in [2.45, 2.75) is 19.4 Å². The Kier molecular flexibility index (Phi) is 6.91. The van der Waals surface area contributed by atoms with Crippen LogP contribution in [-0.4, -0.2) is 24.2 Å². The van der Waals surface area contributed by atoms with E-state index in [9.17, 15) is 4.79 Å². The fourth-order valence-corrected chi connectivity index (χ4v) is 2.31. The molecule has 0 heterocycles. The Hall–Kier alpha value is -2.04. The molecular formula is C18H20ClNO3. The molecule has 5 heteroatoms. The largest absolute Gasteiger partial charge is 0.489 e. The van der Waals surface area contributed by atoms with Crippen LogP contribution in [0.2, 0.25) is 5.02 Å². The molecule has 0 unspecified atom stereocenters. The van der Waals surface area contributed by atoms with Crippen LogP contribution in [0.3, 0.4) is 0 Å². The van der Waals surface area contributed by atoms with E-state index in [0.29, 0.717) is 36.8 Å². The molecule has 0 bridgehead atoms. The number of aliphatic hydroxyl groups excluding tert-OH is 1. The third kappa shape index (κ3) is 6.30. The second-order valence-electron chi connectivity index (χ2n) is 5.17. The molecule has 4 nitrogen and oxygen atoms in total. The number of carbonyl (C=O) groups is 1. The normalized spacial score (nSPS) is 10.3. The van der Waals surface area contributed by atoms with Gasteiger partial charge in [-0.05, 0) is 41.8 Å². The lowest BCUT2D eigenvalue weighted by Crippen LogP contribution is -2.26. The summed E-state index contributed by atoms with van der Waals surface area (Å²) >= 11 is 5.95. The second-order valence-corrected chi connectivity index (χ2v) is 5.61. The molecule has 2 N–H and O–H groups in total. The Morgan fingerprint density at radius 2 is 1.91 bits per heavy atom. The first-order chi connectivity index (χ1) is 11.2. The number of aliphatic hydroxyl groups is 1. The summed E-state index contributed by atoms with van der Waals surface area (Å²) in [5.41, 5.74) is 1.87. The Morgan fingerprint density at radius 3 is 2.70 bits per heavy atom. The maximum absolute atomic E-state index is 11.8. The van der Waals surface area contributed by atoms with Crippen LogP contribution < -0.4 is 10.1 Å². The van der Waals surface area contributed by atoms with Crippen LogP contribution in [0.4, 0.5) is 0 Å². The first kappa shape index (κ1) is 17.3. The Balaban J connectivity index is 1.88. The molecule has 2 aromatic carbocycles. The summed E-state index contributed by atoms with van der Waals surface area (Å²) in [6.07, 6.45) is 0.855. The van der Waals surface area contributed by atoms with Crippen molar-refractivity contribution < 1.29 is 14.6 Å². The van der Waals surface area contributed by atoms with Crippen molar-refractivity contribution in [1.29, 1.82) is 0 Å². The van der Waals surface area contributed by atoms with E-state index < -0.39 is 0 Å². The number of halogens is 1. The lowest BCUT2D eigenvalue weighted by atomic mass is 10.1. The van der Waals surface area contributed by atoms with Gasteiger partial charge in [0.15, 0.2) is 0 Å². The average Bonchev–Trinajstić information content (AvgIpc) is 2.54. The van der Waals surface area contributed by atoms with E-state index in [2.05, 4.69) is 5.32 Å². The number of nitrogens with one attached hydrogen (secondary N) is 1. The summed E-state index contributed by atoms with van der Waals surface area (Å²) in [6, 6.07) is 15.0. The molecule has 0 aliphatic heterocycles. The van der Waals surface area contributed by atoms with Crippen molar-refractivity contribution in [3.8, 4) is 5.75 Å². The quantitative estimate of drug-likeness (QED) is 0.730. The molecule has 0 radical (unpaired) electrons. The maximum atomic E-state index is 11.8. The molecule has 0 spiro atoms. The number of rotatable bonds is 8. The van der Waals surface area contributed by atoms with Gasteiger partial charge in [-0.2, -0.15) is 0 Å². The molecule has 1 amide bonds. The van der Waals surface area contributed by atoms with Gasteiger partial charge in [0.05, 0.1) is 6.42 Å². The van der Waals surface area contributed by atoms with Crippen molar-refractivity contribution in [3.05, 3.63) is 64.7 Å². The highest BCUT2D eigenvalue weighted by molar-refractivity contribution is 6.30. The summed E-state index contributed by atoms with van der Waals surface area (Å²) < 4.78 is 5.74. The highest BCUT2D eigenvalue weighted by Gasteiger charge is 2.04. The summed E-state index contributed by atoms with van der Waals surface area (Å²) in [5, 5.41) is 12.1. The van der Waals surface area contributed by atoms with E-state index in [1.165, 1.54) is 0 Å². The molecule has 0 fully saturated rings. The van der Waals surface area contributed by atoms with Gasteiger partial charge in [-0.25, -0.2) is 0 Å². The van der Waals surface area contributed by atoms with Crippen LogP contribution in [0.5, 0.6) is 5.75 Å².